The van der Waals surface area contributed by atoms with Gasteiger partial charge in [-0.2, -0.15) is 0 Å². The van der Waals surface area contributed by atoms with Gasteiger partial charge < -0.3 is 14.9 Å². The second kappa shape index (κ2) is 14.2. The summed E-state index contributed by atoms with van der Waals surface area (Å²) in [4.78, 5) is 11.3. The minimum atomic E-state index is -0.345. The molecule has 4 nitrogen and oxygen atoms in total. The van der Waals surface area contributed by atoms with Crippen molar-refractivity contribution < 1.29 is 19.7 Å². The average Bonchev–Trinajstić information content (AvgIpc) is 2.96. The summed E-state index contributed by atoms with van der Waals surface area (Å²) >= 11 is 0. The molecule has 0 aromatic carbocycles. The molecule has 26 heavy (non-hydrogen) atoms. The standard InChI is InChI=1S/C22H40O4/c1-3-5-8-11-19(23)16-14-18-15-17-21(24)20(18)12-9-6-7-10-13-22(25)26-4-2/h14,16,18-21,23-24H,3-13,15,17H2,1-2H3. The van der Waals surface area contributed by atoms with Gasteiger partial charge in [-0.15, -0.1) is 0 Å². The summed E-state index contributed by atoms with van der Waals surface area (Å²) in [7, 11) is 0. The molecule has 1 saturated carbocycles. The summed E-state index contributed by atoms with van der Waals surface area (Å²) in [6.07, 6.45) is 15.4. The summed E-state index contributed by atoms with van der Waals surface area (Å²) in [6.45, 7) is 4.46. The minimum Gasteiger partial charge on any atom is -0.466 e. The first-order valence-electron chi connectivity index (χ1n) is 10.8. The zero-order valence-electron chi connectivity index (χ0n) is 16.9. The first kappa shape index (κ1) is 23.2. The molecule has 0 amide bonds. The van der Waals surface area contributed by atoms with Crippen LogP contribution in [-0.2, 0) is 9.53 Å². The van der Waals surface area contributed by atoms with Gasteiger partial charge in [0.1, 0.15) is 0 Å². The highest BCUT2D eigenvalue weighted by Gasteiger charge is 2.32. The van der Waals surface area contributed by atoms with Crippen LogP contribution in [0.3, 0.4) is 0 Å². The Balaban J connectivity index is 2.23. The van der Waals surface area contributed by atoms with Crippen molar-refractivity contribution >= 4 is 5.97 Å². The topological polar surface area (TPSA) is 66.8 Å². The molecule has 0 spiro atoms. The van der Waals surface area contributed by atoms with Gasteiger partial charge in [0.15, 0.2) is 0 Å². The lowest BCUT2D eigenvalue weighted by molar-refractivity contribution is -0.143. The Bertz CT molecular complexity index is 394. The fourth-order valence-corrected chi connectivity index (χ4v) is 3.93. The number of hydrogen-bond donors (Lipinski definition) is 2. The molecule has 0 heterocycles. The number of carbonyl (C=O) groups excluding carboxylic acids is 1. The third kappa shape index (κ3) is 9.72. The van der Waals surface area contributed by atoms with E-state index in [1.165, 1.54) is 12.8 Å². The number of carbonyl (C=O) groups is 1. The molecule has 1 aliphatic rings. The van der Waals surface area contributed by atoms with Gasteiger partial charge in [0.05, 0.1) is 18.8 Å². The van der Waals surface area contributed by atoms with E-state index in [9.17, 15) is 15.0 Å². The Hall–Kier alpha value is -0.870. The van der Waals surface area contributed by atoms with E-state index in [0.717, 1.165) is 57.8 Å². The van der Waals surface area contributed by atoms with Gasteiger partial charge in [0.25, 0.3) is 0 Å². The largest absolute Gasteiger partial charge is 0.466 e. The lowest BCUT2D eigenvalue weighted by Gasteiger charge is -2.20. The van der Waals surface area contributed by atoms with Gasteiger partial charge in [-0.25, -0.2) is 0 Å². The number of unbranched alkanes of at least 4 members (excludes halogenated alkanes) is 5. The van der Waals surface area contributed by atoms with Crippen molar-refractivity contribution in [3.05, 3.63) is 12.2 Å². The maximum absolute atomic E-state index is 11.3. The van der Waals surface area contributed by atoms with Gasteiger partial charge in [0.2, 0.25) is 0 Å². The first-order chi connectivity index (χ1) is 12.6. The van der Waals surface area contributed by atoms with Crippen LogP contribution in [0.15, 0.2) is 12.2 Å². The average molecular weight is 369 g/mol. The van der Waals surface area contributed by atoms with E-state index >= 15 is 0 Å². The summed E-state index contributed by atoms with van der Waals surface area (Å²) < 4.78 is 4.93. The number of hydrogen-bond acceptors (Lipinski definition) is 4. The lowest BCUT2D eigenvalue weighted by atomic mass is 9.88. The number of allylic oxidation sites excluding steroid dienone is 1. The Morgan fingerprint density at radius 3 is 2.62 bits per heavy atom. The third-order valence-corrected chi connectivity index (χ3v) is 5.50. The molecule has 4 unspecified atom stereocenters. The maximum Gasteiger partial charge on any atom is 0.305 e. The summed E-state index contributed by atoms with van der Waals surface area (Å²) in [5.41, 5.74) is 0. The molecule has 0 bridgehead atoms. The van der Waals surface area contributed by atoms with Crippen molar-refractivity contribution in [2.24, 2.45) is 11.8 Å². The lowest BCUT2D eigenvalue weighted by Crippen LogP contribution is -2.18. The van der Waals surface area contributed by atoms with Crippen LogP contribution in [-0.4, -0.2) is 35.0 Å². The van der Waals surface area contributed by atoms with Crippen molar-refractivity contribution in [3.8, 4) is 0 Å². The molecule has 4 atom stereocenters. The van der Waals surface area contributed by atoms with Crippen molar-refractivity contribution in [1.82, 2.24) is 0 Å². The number of aliphatic hydroxyl groups is 2. The summed E-state index contributed by atoms with van der Waals surface area (Å²) in [5, 5.41) is 20.3. The molecule has 0 aromatic heterocycles. The zero-order chi connectivity index (χ0) is 19.2. The molecule has 0 aromatic rings. The Kier molecular flexibility index (Phi) is 12.7. The molecule has 2 N–H and O–H groups in total. The fraction of sp³-hybridized carbons (Fsp3) is 0.864. The number of rotatable bonds is 14. The predicted octanol–water partition coefficient (Wildman–Crippen LogP) is 4.77. The normalized spacial score (nSPS) is 24.2. The van der Waals surface area contributed by atoms with E-state index in [4.69, 9.17) is 4.74 Å². The number of aliphatic hydroxyl groups excluding tert-OH is 2. The molecule has 0 aliphatic heterocycles. The second-order valence-electron chi connectivity index (χ2n) is 7.68. The van der Waals surface area contributed by atoms with Crippen LogP contribution in [0.4, 0.5) is 0 Å². The van der Waals surface area contributed by atoms with Crippen molar-refractivity contribution in [2.45, 2.75) is 103 Å². The Labute approximate surface area is 160 Å². The molecule has 1 aliphatic carbocycles. The van der Waals surface area contributed by atoms with Crippen molar-refractivity contribution in [2.75, 3.05) is 6.61 Å². The van der Waals surface area contributed by atoms with E-state index in [0.29, 0.717) is 24.9 Å². The van der Waals surface area contributed by atoms with Crippen LogP contribution < -0.4 is 0 Å². The second-order valence-corrected chi connectivity index (χ2v) is 7.68. The van der Waals surface area contributed by atoms with Crippen LogP contribution in [0.25, 0.3) is 0 Å². The van der Waals surface area contributed by atoms with Crippen LogP contribution >= 0.6 is 0 Å². The first-order valence-corrected chi connectivity index (χ1v) is 10.8. The molecule has 0 saturated heterocycles. The molecular weight excluding hydrogens is 328 g/mol. The number of ether oxygens (including phenoxy) is 1. The van der Waals surface area contributed by atoms with E-state index in [1.54, 1.807) is 0 Å². The minimum absolute atomic E-state index is 0.0959. The SMILES string of the molecule is CCCCCC(O)C=CC1CCC(O)C1CCCCCCC(=O)OCC. The molecule has 0 radical (unpaired) electrons. The predicted molar refractivity (Wildman–Crippen MR) is 106 cm³/mol. The monoisotopic (exact) mass is 368 g/mol. The van der Waals surface area contributed by atoms with Gasteiger partial charge in [-0.1, -0.05) is 57.6 Å². The quantitative estimate of drug-likeness (QED) is 0.263. The van der Waals surface area contributed by atoms with Gasteiger partial charge in [-0.05, 0) is 50.9 Å². The maximum atomic E-state index is 11.3. The third-order valence-electron chi connectivity index (χ3n) is 5.50. The molecule has 4 heteroatoms. The van der Waals surface area contributed by atoms with Gasteiger partial charge in [0, 0.05) is 6.42 Å². The fourth-order valence-electron chi connectivity index (χ4n) is 3.93. The molecular formula is C22H40O4. The molecule has 1 rings (SSSR count). The Morgan fingerprint density at radius 1 is 1.12 bits per heavy atom. The number of esters is 1. The van der Waals surface area contributed by atoms with Crippen LogP contribution in [0.1, 0.15) is 90.9 Å². The highest BCUT2D eigenvalue weighted by atomic mass is 16.5. The zero-order valence-corrected chi connectivity index (χ0v) is 16.9. The summed E-state index contributed by atoms with van der Waals surface area (Å²) in [6, 6.07) is 0. The van der Waals surface area contributed by atoms with Crippen LogP contribution in [0.2, 0.25) is 0 Å². The van der Waals surface area contributed by atoms with E-state index < -0.39 is 0 Å². The Morgan fingerprint density at radius 2 is 1.88 bits per heavy atom. The van der Waals surface area contributed by atoms with Crippen molar-refractivity contribution in [1.29, 1.82) is 0 Å². The smallest absolute Gasteiger partial charge is 0.305 e. The summed E-state index contributed by atoms with van der Waals surface area (Å²) in [5.74, 6) is 0.617. The molecule has 1 fully saturated rings. The molecule has 152 valence electrons. The van der Waals surface area contributed by atoms with E-state index in [-0.39, 0.29) is 18.2 Å². The van der Waals surface area contributed by atoms with E-state index in [2.05, 4.69) is 13.0 Å². The van der Waals surface area contributed by atoms with E-state index in [1.807, 2.05) is 13.0 Å². The highest BCUT2D eigenvalue weighted by molar-refractivity contribution is 5.69. The van der Waals surface area contributed by atoms with Crippen molar-refractivity contribution in [3.63, 3.8) is 0 Å². The highest BCUT2D eigenvalue weighted by Crippen LogP contribution is 2.36. The van der Waals surface area contributed by atoms with Gasteiger partial charge in [-0.3, -0.25) is 4.79 Å². The van der Waals surface area contributed by atoms with Crippen LogP contribution in [0, 0.1) is 11.8 Å². The van der Waals surface area contributed by atoms with Gasteiger partial charge >= 0.3 is 5.97 Å². The van der Waals surface area contributed by atoms with Crippen LogP contribution in [0.5, 0.6) is 0 Å².